The van der Waals surface area contributed by atoms with Crippen molar-refractivity contribution in [2.24, 2.45) is 0 Å². The summed E-state index contributed by atoms with van der Waals surface area (Å²) in [4.78, 5) is 8.80. The second-order valence-corrected chi connectivity index (χ2v) is 7.81. The quantitative estimate of drug-likeness (QED) is 0.501. The van der Waals surface area contributed by atoms with E-state index in [1.807, 2.05) is 24.3 Å². The number of benzene rings is 1. The van der Waals surface area contributed by atoms with Crippen molar-refractivity contribution in [3.63, 3.8) is 0 Å². The minimum absolute atomic E-state index is 0.230. The minimum atomic E-state index is -0.230. The fourth-order valence-electron chi connectivity index (χ4n) is 3.72. The number of pyridine rings is 2. The van der Waals surface area contributed by atoms with Gasteiger partial charge in [0.2, 0.25) is 0 Å². The molecule has 0 radical (unpaired) electrons. The molecule has 0 atom stereocenters. The van der Waals surface area contributed by atoms with Crippen molar-refractivity contribution in [2.75, 3.05) is 10.6 Å². The predicted octanol–water partition coefficient (Wildman–Crippen LogP) is 6.29. The van der Waals surface area contributed by atoms with Gasteiger partial charge >= 0.3 is 0 Å². The molecule has 1 saturated carbocycles. The van der Waals surface area contributed by atoms with Gasteiger partial charge < -0.3 is 10.6 Å². The molecule has 0 aliphatic heterocycles. The summed E-state index contributed by atoms with van der Waals surface area (Å²) in [6.45, 7) is 0.363. The van der Waals surface area contributed by atoms with Crippen molar-refractivity contribution in [3.8, 4) is 11.1 Å². The van der Waals surface area contributed by atoms with Crippen molar-refractivity contribution in [3.05, 3.63) is 71.3 Å². The van der Waals surface area contributed by atoms with Crippen LogP contribution in [0.5, 0.6) is 0 Å². The van der Waals surface area contributed by atoms with E-state index < -0.39 is 0 Å². The van der Waals surface area contributed by atoms with Crippen LogP contribution >= 0.6 is 11.6 Å². The van der Waals surface area contributed by atoms with Crippen LogP contribution in [0.25, 0.3) is 11.1 Å². The molecule has 1 aliphatic carbocycles. The lowest BCUT2D eigenvalue weighted by atomic mass is 9.95. The van der Waals surface area contributed by atoms with Gasteiger partial charge in [-0.2, -0.15) is 0 Å². The highest BCUT2D eigenvalue weighted by molar-refractivity contribution is 6.33. The SMILES string of the molecule is Fc1ccccc1CNc1cc(-c2cc(NC3CCCCC3)ncc2Cl)ccn1. The highest BCUT2D eigenvalue weighted by Gasteiger charge is 2.15. The lowest BCUT2D eigenvalue weighted by molar-refractivity contribution is 0.462. The van der Waals surface area contributed by atoms with Crippen molar-refractivity contribution in [1.29, 1.82) is 0 Å². The Balaban J connectivity index is 1.51. The highest BCUT2D eigenvalue weighted by Crippen LogP contribution is 2.31. The number of nitrogens with zero attached hydrogens (tertiary/aromatic N) is 2. The molecule has 2 aromatic heterocycles. The number of anilines is 2. The van der Waals surface area contributed by atoms with Crippen LogP contribution in [0, 0.1) is 5.82 Å². The van der Waals surface area contributed by atoms with E-state index in [4.69, 9.17) is 11.6 Å². The fourth-order valence-corrected chi connectivity index (χ4v) is 3.93. The normalized spacial score (nSPS) is 14.6. The Labute approximate surface area is 175 Å². The summed E-state index contributed by atoms with van der Waals surface area (Å²) < 4.78 is 13.8. The molecule has 0 saturated heterocycles. The Kier molecular flexibility index (Phi) is 6.25. The molecule has 6 heteroatoms. The third-order valence-corrected chi connectivity index (χ3v) is 5.60. The minimum Gasteiger partial charge on any atom is -0.367 e. The van der Waals surface area contributed by atoms with E-state index in [1.165, 1.54) is 38.2 Å². The maximum atomic E-state index is 13.8. The summed E-state index contributed by atoms with van der Waals surface area (Å²) in [6.07, 6.45) is 9.62. The molecular formula is C23H24ClFN4. The lowest BCUT2D eigenvalue weighted by Gasteiger charge is -2.23. The molecule has 29 heavy (non-hydrogen) atoms. The molecule has 3 aromatic rings. The first-order valence-electron chi connectivity index (χ1n) is 10.0. The smallest absolute Gasteiger partial charge is 0.128 e. The van der Waals surface area contributed by atoms with Crippen LogP contribution < -0.4 is 10.6 Å². The molecule has 1 aliphatic rings. The molecule has 4 nitrogen and oxygen atoms in total. The zero-order valence-corrected chi connectivity index (χ0v) is 16.9. The number of aromatic nitrogens is 2. The van der Waals surface area contributed by atoms with E-state index in [0.29, 0.717) is 29.0 Å². The van der Waals surface area contributed by atoms with Crippen molar-refractivity contribution >= 4 is 23.2 Å². The molecular weight excluding hydrogens is 387 g/mol. The van der Waals surface area contributed by atoms with Gasteiger partial charge in [-0.15, -0.1) is 0 Å². The van der Waals surface area contributed by atoms with Gasteiger partial charge in [0.25, 0.3) is 0 Å². The van der Waals surface area contributed by atoms with E-state index >= 15 is 0 Å². The maximum absolute atomic E-state index is 13.8. The Bertz CT molecular complexity index is 973. The van der Waals surface area contributed by atoms with Crippen LogP contribution in [0.1, 0.15) is 37.7 Å². The van der Waals surface area contributed by atoms with Crippen LogP contribution in [0.15, 0.2) is 54.9 Å². The summed E-state index contributed by atoms with van der Waals surface area (Å²) in [5.74, 6) is 1.28. The molecule has 2 heterocycles. The summed E-state index contributed by atoms with van der Waals surface area (Å²) in [7, 11) is 0. The second-order valence-electron chi connectivity index (χ2n) is 7.40. The van der Waals surface area contributed by atoms with E-state index in [2.05, 4.69) is 20.6 Å². The van der Waals surface area contributed by atoms with Gasteiger partial charge in [0, 0.05) is 36.1 Å². The van der Waals surface area contributed by atoms with Gasteiger partial charge in [-0.05, 0) is 42.7 Å². The maximum Gasteiger partial charge on any atom is 0.128 e. The van der Waals surface area contributed by atoms with Crippen LogP contribution in [0.4, 0.5) is 16.0 Å². The van der Waals surface area contributed by atoms with Gasteiger partial charge in [0.05, 0.1) is 5.02 Å². The standard InChI is InChI=1S/C23H24ClFN4/c24-20-15-28-23(29-18-7-2-1-3-8-18)13-19(20)16-10-11-26-22(12-16)27-14-17-6-4-5-9-21(17)25/h4-6,9-13,15,18H,1-3,7-8,14H2,(H,26,27)(H,28,29). The Morgan fingerprint density at radius 1 is 1.00 bits per heavy atom. The van der Waals surface area contributed by atoms with Gasteiger partial charge in [-0.1, -0.05) is 49.1 Å². The molecule has 1 aromatic carbocycles. The van der Waals surface area contributed by atoms with Crippen molar-refractivity contribution in [1.82, 2.24) is 9.97 Å². The zero-order valence-electron chi connectivity index (χ0n) is 16.2. The number of halogens is 2. The Morgan fingerprint density at radius 3 is 2.66 bits per heavy atom. The Hall–Kier alpha value is -2.66. The van der Waals surface area contributed by atoms with Gasteiger partial charge in [-0.3, -0.25) is 0 Å². The Morgan fingerprint density at radius 2 is 1.83 bits per heavy atom. The van der Waals surface area contributed by atoms with E-state index in [-0.39, 0.29) is 5.82 Å². The number of rotatable bonds is 6. The van der Waals surface area contributed by atoms with Gasteiger partial charge in [0.1, 0.15) is 17.5 Å². The topological polar surface area (TPSA) is 49.8 Å². The van der Waals surface area contributed by atoms with Crippen molar-refractivity contribution in [2.45, 2.75) is 44.7 Å². The van der Waals surface area contributed by atoms with Crippen LogP contribution in [0.3, 0.4) is 0 Å². The first-order chi connectivity index (χ1) is 14.2. The number of hydrogen-bond acceptors (Lipinski definition) is 4. The van der Waals surface area contributed by atoms with Gasteiger partial charge in [0.15, 0.2) is 0 Å². The summed E-state index contributed by atoms with van der Waals surface area (Å²) in [6, 6.07) is 13.0. The molecule has 4 rings (SSSR count). The number of hydrogen-bond donors (Lipinski definition) is 2. The molecule has 0 unspecified atom stereocenters. The predicted molar refractivity (Wildman–Crippen MR) is 117 cm³/mol. The fraction of sp³-hybridized carbons (Fsp3) is 0.304. The van der Waals surface area contributed by atoms with Crippen LogP contribution in [-0.2, 0) is 6.54 Å². The second kappa shape index (κ2) is 9.23. The third kappa shape index (κ3) is 5.04. The van der Waals surface area contributed by atoms with E-state index in [1.54, 1.807) is 24.5 Å². The third-order valence-electron chi connectivity index (χ3n) is 5.30. The first kappa shape index (κ1) is 19.6. The number of nitrogens with one attached hydrogen (secondary N) is 2. The van der Waals surface area contributed by atoms with Crippen LogP contribution in [0.2, 0.25) is 5.02 Å². The zero-order chi connectivity index (χ0) is 20.1. The average Bonchev–Trinajstić information content (AvgIpc) is 2.75. The van der Waals surface area contributed by atoms with E-state index in [0.717, 1.165) is 16.9 Å². The molecule has 2 N–H and O–H groups in total. The highest BCUT2D eigenvalue weighted by atomic mass is 35.5. The summed E-state index contributed by atoms with van der Waals surface area (Å²) >= 11 is 6.44. The first-order valence-corrected chi connectivity index (χ1v) is 10.4. The molecule has 150 valence electrons. The monoisotopic (exact) mass is 410 g/mol. The molecule has 1 fully saturated rings. The lowest BCUT2D eigenvalue weighted by Crippen LogP contribution is -2.22. The molecule has 0 spiro atoms. The largest absolute Gasteiger partial charge is 0.367 e. The van der Waals surface area contributed by atoms with Crippen LogP contribution in [-0.4, -0.2) is 16.0 Å². The summed E-state index contributed by atoms with van der Waals surface area (Å²) in [5.41, 5.74) is 2.44. The van der Waals surface area contributed by atoms with Crippen molar-refractivity contribution < 1.29 is 4.39 Å². The van der Waals surface area contributed by atoms with E-state index in [9.17, 15) is 4.39 Å². The molecule has 0 bridgehead atoms. The summed E-state index contributed by atoms with van der Waals surface area (Å²) in [5, 5.41) is 7.32. The van der Waals surface area contributed by atoms with Gasteiger partial charge in [-0.25, -0.2) is 14.4 Å². The average molecular weight is 411 g/mol. The molecule has 0 amide bonds.